The van der Waals surface area contributed by atoms with Crippen molar-refractivity contribution in [1.82, 2.24) is 5.43 Å². The molecule has 0 aliphatic carbocycles. The highest BCUT2D eigenvalue weighted by Crippen LogP contribution is 2.37. The zero-order chi connectivity index (χ0) is 20.6. The van der Waals surface area contributed by atoms with Crippen LogP contribution in [0.5, 0.6) is 0 Å². The molecule has 28 heavy (non-hydrogen) atoms. The van der Waals surface area contributed by atoms with Gasteiger partial charge in [-0.05, 0) is 64.5 Å². The lowest BCUT2D eigenvalue weighted by atomic mass is 10.1. The fourth-order valence-corrected chi connectivity index (χ4v) is 4.73. The van der Waals surface area contributed by atoms with E-state index in [4.69, 9.17) is 17.4 Å². The molecule has 1 heterocycles. The fourth-order valence-electron chi connectivity index (χ4n) is 2.56. The lowest BCUT2D eigenvalue weighted by Gasteiger charge is -2.10. The number of sulfonamides is 1. The highest BCUT2D eigenvalue weighted by molar-refractivity contribution is 9.11. The summed E-state index contributed by atoms with van der Waals surface area (Å²) in [4.78, 5) is 14.0. The Hall–Kier alpha value is -1.86. The third-order valence-electron chi connectivity index (χ3n) is 3.84. The maximum Gasteiger partial charge on any atom is 0.279 e. The van der Waals surface area contributed by atoms with Crippen LogP contribution in [0.1, 0.15) is 5.56 Å². The standard InChI is InChI=1S/C16H13Br2N5O3S2/c1-23-14-11(6-8(17)7-12(14)18)13(15(23)24)21-22-16(27)20-9-2-4-10(5-3-9)28(19,25)26/h2-7H,1H3,(H2,19,25,26)(H2,20,22,27). The molecule has 12 heteroatoms. The Morgan fingerprint density at radius 3 is 2.46 bits per heavy atom. The van der Waals surface area contributed by atoms with Gasteiger partial charge < -0.3 is 10.2 Å². The van der Waals surface area contributed by atoms with Crippen LogP contribution in [-0.2, 0) is 14.8 Å². The number of rotatable bonds is 3. The van der Waals surface area contributed by atoms with E-state index in [0.717, 1.165) is 8.95 Å². The van der Waals surface area contributed by atoms with Crippen LogP contribution in [0.2, 0.25) is 0 Å². The third kappa shape index (κ3) is 4.25. The molecule has 3 rings (SSSR count). The predicted molar refractivity (Wildman–Crippen MR) is 119 cm³/mol. The molecule has 0 atom stereocenters. The highest BCUT2D eigenvalue weighted by atomic mass is 79.9. The summed E-state index contributed by atoms with van der Waals surface area (Å²) in [5.41, 5.74) is 4.75. The normalized spacial score (nSPS) is 14.9. The molecule has 0 aromatic heterocycles. The maximum atomic E-state index is 12.5. The van der Waals surface area contributed by atoms with Gasteiger partial charge in [-0.15, -0.1) is 0 Å². The topological polar surface area (TPSA) is 117 Å². The van der Waals surface area contributed by atoms with Gasteiger partial charge in [-0.1, -0.05) is 15.9 Å². The van der Waals surface area contributed by atoms with Crippen LogP contribution in [0, 0.1) is 0 Å². The molecular formula is C16H13Br2N5O3S2. The van der Waals surface area contributed by atoms with Gasteiger partial charge in [0.15, 0.2) is 10.8 Å². The molecule has 2 aromatic carbocycles. The van der Waals surface area contributed by atoms with E-state index in [0.29, 0.717) is 16.9 Å². The van der Waals surface area contributed by atoms with E-state index < -0.39 is 10.0 Å². The van der Waals surface area contributed by atoms with Gasteiger partial charge in [0.1, 0.15) is 0 Å². The minimum Gasteiger partial charge on any atom is -0.331 e. The maximum absolute atomic E-state index is 12.5. The molecule has 2 aromatic rings. The van der Waals surface area contributed by atoms with Crippen molar-refractivity contribution in [2.45, 2.75) is 4.90 Å². The third-order valence-corrected chi connectivity index (χ3v) is 6.02. The summed E-state index contributed by atoms with van der Waals surface area (Å²) in [5, 5.41) is 12.2. The van der Waals surface area contributed by atoms with E-state index in [2.05, 4.69) is 47.7 Å². The van der Waals surface area contributed by atoms with Crippen LogP contribution in [0.4, 0.5) is 11.4 Å². The monoisotopic (exact) mass is 545 g/mol. The van der Waals surface area contributed by atoms with Crippen LogP contribution in [-0.4, -0.2) is 32.2 Å². The van der Waals surface area contributed by atoms with Crippen molar-refractivity contribution in [1.29, 1.82) is 0 Å². The van der Waals surface area contributed by atoms with E-state index in [1.54, 1.807) is 13.1 Å². The van der Waals surface area contributed by atoms with Crippen molar-refractivity contribution >= 4 is 82.2 Å². The van der Waals surface area contributed by atoms with Gasteiger partial charge >= 0.3 is 0 Å². The molecular weight excluding hydrogens is 534 g/mol. The quantitative estimate of drug-likeness (QED) is 0.402. The number of nitrogens with two attached hydrogens (primary N) is 1. The Morgan fingerprint density at radius 2 is 1.86 bits per heavy atom. The van der Waals surface area contributed by atoms with Crippen LogP contribution < -0.4 is 20.8 Å². The number of carbonyl (C=O) groups excluding carboxylic acids is 1. The van der Waals surface area contributed by atoms with Crippen LogP contribution in [0.25, 0.3) is 0 Å². The average Bonchev–Trinajstić information content (AvgIpc) is 2.83. The van der Waals surface area contributed by atoms with Crippen molar-refractivity contribution in [2.75, 3.05) is 17.3 Å². The summed E-state index contributed by atoms with van der Waals surface area (Å²) in [6.07, 6.45) is 0. The second kappa shape index (κ2) is 7.87. The van der Waals surface area contributed by atoms with Crippen molar-refractivity contribution in [3.05, 3.63) is 50.9 Å². The molecule has 1 aliphatic rings. The molecule has 0 saturated carbocycles. The predicted octanol–water partition coefficient (Wildman–Crippen LogP) is 2.53. The van der Waals surface area contributed by atoms with Gasteiger partial charge in [0, 0.05) is 27.2 Å². The number of amides is 1. The Morgan fingerprint density at radius 1 is 1.21 bits per heavy atom. The largest absolute Gasteiger partial charge is 0.331 e. The van der Waals surface area contributed by atoms with Crippen LogP contribution in [0.15, 0.2) is 55.3 Å². The number of primary sulfonamides is 1. The summed E-state index contributed by atoms with van der Waals surface area (Å²) in [6.45, 7) is 0. The molecule has 146 valence electrons. The van der Waals surface area contributed by atoms with E-state index in [9.17, 15) is 13.2 Å². The smallest absolute Gasteiger partial charge is 0.279 e. The molecule has 1 amide bonds. The minimum absolute atomic E-state index is 0.00970. The van der Waals surface area contributed by atoms with Gasteiger partial charge in [0.05, 0.1) is 10.6 Å². The number of likely N-dealkylation sites (N-methyl/N-ethyl adjacent to an activating group) is 1. The number of nitrogens with one attached hydrogen (secondary N) is 2. The molecule has 8 nitrogen and oxygen atoms in total. The van der Waals surface area contributed by atoms with Crippen molar-refractivity contribution in [3.63, 3.8) is 0 Å². The lowest BCUT2D eigenvalue weighted by Crippen LogP contribution is -2.30. The van der Waals surface area contributed by atoms with Crippen molar-refractivity contribution < 1.29 is 13.2 Å². The first-order chi connectivity index (χ1) is 13.1. The van der Waals surface area contributed by atoms with E-state index >= 15 is 0 Å². The molecule has 0 saturated heterocycles. The average molecular weight is 547 g/mol. The second-order valence-electron chi connectivity index (χ2n) is 5.74. The summed E-state index contributed by atoms with van der Waals surface area (Å²) in [7, 11) is -2.11. The van der Waals surface area contributed by atoms with Gasteiger partial charge in [-0.2, -0.15) is 5.10 Å². The van der Waals surface area contributed by atoms with E-state index in [-0.39, 0.29) is 21.6 Å². The van der Waals surface area contributed by atoms with Gasteiger partial charge in [0.2, 0.25) is 10.0 Å². The summed E-state index contributed by atoms with van der Waals surface area (Å²) >= 11 is 12.0. The molecule has 0 fully saturated rings. The molecule has 0 bridgehead atoms. The molecule has 0 unspecified atom stereocenters. The summed E-state index contributed by atoms with van der Waals surface area (Å²) in [5.74, 6) is -0.276. The SMILES string of the molecule is CN1C(=O)C(=NNC(=S)Nc2ccc(S(N)(=O)=O)cc2)c2cc(Br)cc(Br)c21. The van der Waals surface area contributed by atoms with Crippen molar-refractivity contribution in [3.8, 4) is 0 Å². The molecule has 1 aliphatic heterocycles. The highest BCUT2D eigenvalue weighted by Gasteiger charge is 2.33. The zero-order valence-corrected chi connectivity index (χ0v) is 19.0. The number of hydrogen-bond acceptors (Lipinski definition) is 5. The summed E-state index contributed by atoms with van der Waals surface area (Å²) in [6, 6.07) is 9.37. The van der Waals surface area contributed by atoms with Gasteiger partial charge in [-0.25, -0.2) is 13.6 Å². The number of halogens is 2. The zero-order valence-electron chi connectivity index (χ0n) is 14.2. The van der Waals surface area contributed by atoms with Crippen LogP contribution >= 0.6 is 44.1 Å². The Bertz CT molecular complexity index is 1120. The first-order valence-electron chi connectivity index (χ1n) is 7.63. The number of anilines is 2. The number of hydrogen-bond donors (Lipinski definition) is 3. The lowest BCUT2D eigenvalue weighted by molar-refractivity contribution is -0.112. The Labute approximate surface area is 183 Å². The van der Waals surface area contributed by atoms with Crippen LogP contribution in [0.3, 0.4) is 0 Å². The molecule has 4 N–H and O–H groups in total. The first-order valence-corrected chi connectivity index (χ1v) is 11.2. The second-order valence-corrected chi connectivity index (χ2v) is 9.48. The van der Waals surface area contributed by atoms with E-state index in [1.165, 1.54) is 29.2 Å². The minimum atomic E-state index is -3.76. The number of fused-ring (bicyclic) bond motifs is 1. The fraction of sp³-hybridized carbons (Fsp3) is 0.0625. The van der Waals surface area contributed by atoms with E-state index in [1.807, 2.05) is 6.07 Å². The first kappa shape index (κ1) is 20.9. The van der Waals surface area contributed by atoms with Crippen molar-refractivity contribution in [2.24, 2.45) is 10.2 Å². The molecule has 0 radical (unpaired) electrons. The Kier molecular flexibility index (Phi) is 5.87. The molecule has 0 spiro atoms. The number of nitrogens with zero attached hydrogens (tertiary/aromatic N) is 2. The number of hydrazone groups is 1. The van der Waals surface area contributed by atoms with Gasteiger partial charge in [-0.3, -0.25) is 10.2 Å². The Balaban J connectivity index is 1.77. The number of thiocarbonyl (C=S) groups is 1. The number of benzene rings is 2. The number of carbonyl (C=O) groups is 1. The summed E-state index contributed by atoms with van der Waals surface area (Å²) < 4.78 is 24.1. The van der Waals surface area contributed by atoms with Gasteiger partial charge in [0.25, 0.3) is 5.91 Å².